The average Bonchev–Trinajstić information content (AvgIpc) is 2.57. The molecule has 2 N–H and O–H groups in total. The number of aryl methyl sites for hydroxylation is 1. The molecule has 1 aromatic heterocycles. The number of ether oxygens (including phenoxy) is 1. The van der Waals surface area contributed by atoms with Gasteiger partial charge in [0.05, 0.1) is 5.69 Å². The number of halogens is 1. The SMILES string of the molecule is Cc1cc(C(N)=O)cc(-c2ccc(Oc3ccc(F)cc3)cc2)n1. The second-order valence-corrected chi connectivity index (χ2v) is 5.33. The highest BCUT2D eigenvalue weighted by Crippen LogP contribution is 2.25. The highest BCUT2D eigenvalue weighted by Gasteiger charge is 2.07. The second kappa shape index (κ2) is 6.50. The molecule has 4 nitrogen and oxygen atoms in total. The van der Waals surface area contributed by atoms with Crippen molar-refractivity contribution >= 4 is 5.91 Å². The van der Waals surface area contributed by atoms with Crippen molar-refractivity contribution in [3.63, 3.8) is 0 Å². The molecule has 0 aliphatic heterocycles. The fourth-order valence-electron chi connectivity index (χ4n) is 2.29. The molecule has 0 saturated carbocycles. The molecule has 0 saturated heterocycles. The van der Waals surface area contributed by atoms with Gasteiger partial charge in [-0.1, -0.05) is 0 Å². The molecule has 0 radical (unpaired) electrons. The van der Waals surface area contributed by atoms with E-state index in [1.165, 1.54) is 12.1 Å². The summed E-state index contributed by atoms with van der Waals surface area (Å²) in [5.41, 5.74) is 7.98. The Morgan fingerprint density at radius 2 is 1.58 bits per heavy atom. The lowest BCUT2D eigenvalue weighted by Crippen LogP contribution is -2.11. The lowest BCUT2D eigenvalue weighted by Gasteiger charge is -2.08. The van der Waals surface area contributed by atoms with Crippen LogP contribution in [0, 0.1) is 12.7 Å². The average molecular weight is 322 g/mol. The molecule has 0 bridgehead atoms. The number of primary amides is 1. The molecule has 1 amide bonds. The molecule has 0 fully saturated rings. The minimum atomic E-state index is -0.488. The Hall–Kier alpha value is -3.21. The number of pyridine rings is 1. The fourth-order valence-corrected chi connectivity index (χ4v) is 2.29. The van der Waals surface area contributed by atoms with Crippen molar-refractivity contribution in [3.05, 3.63) is 77.7 Å². The van der Waals surface area contributed by atoms with Gasteiger partial charge in [-0.05, 0) is 67.6 Å². The third-order valence-electron chi connectivity index (χ3n) is 3.44. The van der Waals surface area contributed by atoms with Gasteiger partial charge in [-0.2, -0.15) is 0 Å². The lowest BCUT2D eigenvalue weighted by molar-refractivity contribution is 0.1000. The van der Waals surface area contributed by atoms with Crippen LogP contribution >= 0.6 is 0 Å². The maximum Gasteiger partial charge on any atom is 0.248 e. The van der Waals surface area contributed by atoms with Crippen molar-refractivity contribution in [2.75, 3.05) is 0 Å². The van der Waals surface area contributed by atoms with E-state index in [1.807, 2.05) is 19.1 Å². The quantitative estimate of drug-likeness (QED) is 0.787. The molecule has 0 aliphatic carbocycles. The van der Waals surface area contributed by atoms with Crippen LogP contribution in [0.1, 0.15) is 16.1 Å². The molecule has 0 aliphatic rings. The number of hydrogen-bond donors (Lipinski definition) is 1. The van der Waals surface area contributed by atoms with Crippen molar-refractivity contribution in [1.82, 2.24) is 4.98 Å². The van der Waals surface area contributed by atoms with E-state index < -0.39 is 5.91 Å². The summed E-state index contributed by atoms with van der Waals surface area (Å²) in [4.78, 5) is 15.8. The Morgan fingerprint density at radius 1 is 1.00 bits per heavy atom. The van der Waals surface area contributed by atoms with Crippen LogP contribution in [0.5, 0.6) is 11.5 Å². The first-order valence-electron chi connectivity index (χ1n) is 7.33. The molecule has 5 heteroatoms. The van der Waals surface area contributed by atoms with Crippen LogP contribution in [0.2, 0.25) is 0 Å². The molecule has 0 atom stereocenters. The fraction of sp³-hybridized carbons (Fsp3) is 0.0526. The number of carbonyl (C=O) groups is 1. The molecule has 120 valence electrons. The van der Waals surface area contributed by atoms with E-state index >= 15 is 0 Å². The Morgan fingerprint density at radius 3 is 2.17 bits per heavy atom. The van der Waals surface area contributed by atoms with Gasteiger partial charge in [-0.3, -0.25) is 9.78 Å². The minimum absolute atomic E-state index is 0.312. The molecule has 3 rings (SSSR count). The predicted octanol–water partition coefficient (Wildman–Crippen LogP) is 4.09. The van der Waals surface area contributed by atoms with Gasteiger partial charge in [-0.15, -0.1) is 0 Å². The Kier molecular flexibility index (Phi) is 4.24. The number of amides is 1. The van der Waals surface area contributed by atoms with Crippen molar-refractivity contribution in [3.8, 4) is 22.8 Å². The zero-order valence-electron chi connectivity index (χ0n) is 13.0. The number of nitrogens with zero attached hydrogens (tertiary/aromatic N) is 1. The highest BCUT2D eigenvalue weighted by atomic mass is 19.1. The summed E-state index contributed by atoms with van der Waals surface area (Å²) < 4.78 is 18.5. The van der Waals surface area contributed by atoms with Crippen LogP contribution in [0.15, 0.2) is 60.7 Å². The summed E-state index contributed by atoms with van der Waals surface area (Å²) >= 11 is 0. The van der Waals surface area contributed by atoms with Gasteiger partial charge in [0, 0.05) is 16.8 Å². The van der Waals surface area contributed by atoms with Crippen molar-refractivity contribution in [1.29, 1.82) is 0 Å². The highest BCUT2D eigenvalue weighted by molar-refractivity contribution is 5.93. The first-order chi connectivity index (χ1) is 11.5. The summed E-state index contributed by atoms with van der Waals surface area (Å²) in [6, 6.07) is 16.4. The van der Waals surface area contributed by atoms with Crippen LogP contribution in [0.3, 0.4) is 0 Å². The van der Waals surface area contributed by atoms with E-state index in [0.717, 1.165) is 5.56 Å². The summed E-state index contributed by atoms with van der Waals surface area (Å²) in [6.45, 7) is 1.81. The van der Waals surface area contributed by atoms with Crippen molar-refractivity contribution in [2.24, 2.45) is 5.73 Å². The van der Waals surface area contributed by atoms with Crippen LogP contribution in [0.4, 0.5) is 4.39 Å². The van der Waals surface area contributed by atoms with Gasteiger partial charge < -0.3 is 10.5 Å². The number of carbonyl (C=O) groups excluding carboxylic acids is 1. The van der Waals surface area contributed by atoms with Gasteiger partial charge >= 0.3 is 0 Å². The smallest absolute Gasteiger partial charge is 0.248 e. The molecule has 2 aromatic carbocycles. The standard InChI is InChI=1S/C19H15FN2O2/c1-12-10-14(19(21)23)11-18(22-12)13-2-6-16(7-3-13)24-17-8-4-15(20)5-9-17/h2-11H,1H3,(H2,21,23). The van der Waals surface area contributed by atoms with Gasteiger partial charge in [0.15, 0.2) is 0 Å². The third kappa shape index (κ3) is 3.57. The molecule has 1 heterocycles. The van der Waals surface area contributed by atoms with E-state index in [9.17, 15) is 9.18 Å². The third-order valence-corrected chi connectivity index (χ3v) is 3.44. The Balaban J connectivity index is 1.84. The normalized spacial score (nSPS) is 10.4. The molecular formula is C19H15FN2O2. The zero-order chi connectivity index (χ0) is 17.1. The summed E-state index contributed by atoms with van der Waals surface area (Å²) in [6.07, 6.45) is 0. The van der Waals surface area contributed by atoms with Gasteiger partial charge in [0.2, 0.25) is 5.91 Å². The van der Waals surface area contributed by atoms with Crippen molar-refractivity contribution in [2.45, 2.75) is 6.92 Å². The van der Waals surface area contributed by atoms with Crippen LogP contribution < -0.4 is 10.5 Å². The van der Waals surface area contributed by atoms with Crippen LogP contribution in [0.25, 0.3) is 11.3 Å². The van der Waals surface area contributed by atoms with Crippen molar-refractivity contribution < 1.29 is 13.9 Å². The molecule has 3 aromatic rings. The number of rotatable bonds is 4. The molecule has 0 spiro atoms. The van der Waals surface area contributed by atoms with E-state index in [1.54, 1.807) is 36.4 Å². The molecule has 24 heavy (non-hydrogen) atoms. The van der Waals surface area contributed by atoms with Gasteiger partial charge in [0.25, 0.3) is 0 Å². The van der Waals surface area contributed by atoms with Gasteiger partial charge in [-0.25, -0.2) is 4.39 Å². The Bertz CT molecular complexity index is 875. The van der Waals surface area contributed by atoms with Crippen LogP contribution in [-0.2, 0) is 0 Å². The number of hydrogen-bond acceptors (Lipinski definition) is 3. The zero-order valence-corrected chi connectivity index (χ0v) is 13.0. The summed E-state index contributed by atoms with van der Waals surface area (Å²) in [5.74, 6) is 0.369. The van der Waals surface area contributed by atoms with E-state index in [4.69, 9.17) is 10.5 Å². The number of benzene rings is 2. The molecular weight excluding hydrogens is 307 g/mol. The lowest BCUT2D eigenvalue weighted by atomic mass is 10.1. The predicted molar refractivity (Wildman–Crippen MR) is 89.4 cm³/mol. The van der Waals surface area contributed by atoms with E-state index in [2.05, 4.69) is 4.98 Å². The number of nitrogens with two attached hydrogens (primary N) is 1. The minimum Gasteiger partial charge on any atom is -0.457 e. The largest absolute Gasteiger partial charge is 0.457 e. The van der Waals surface area contributed by atoms with E-state index in [-0.39, 0.29) is 5.82 Å². The Labute approximate surface area is 138 Å². The first-order valence-corrected chi connectivity index (χ1v) is 7.33. The maximum atomic E-state index is 12.9. The summed E-state index contributed by atoms with van der Waals surface area (Å²) in [5, 5.41) is 0. The van der Waals surface area contributed by atoms with E-state index in [0.29, 0.717) is 28.5 Å². The number of aromatic nitrogens is 1. The monoisotopic (exact) mass is 322 g/mol. The van der Waals surface area contributed by atoms with Crippen LogP contribution in [-0.4, -0.2) is 10.9 Å². The second-order valence-electron chi connectivity index (χ2n) is 5.33. The molecule has 0 unspecified atom stereocenters. The first kappa shape index (κ1) is 15.7. The maximum absolute atomic E-state index is 12.9. The van der Waals surface area contributed by atoms with Gasteiger partial charge in [0.1, 0.15) is 17.3 Å². The summed E-state index contributed by atoms with van der Waals surface area (Å²) in [7, 11) is 0. The topological polar surface area (TPSA) is 65.2 Å².